The summed E-state index contributed by atoms with van der Waals surface area (Å²) in [5.41, 5.74) is 4.15. The van der Waals surface area contributed by atoms with Gasteiger partial charge < -0.3 is 5.32 Å². The van der Waals surface area contributed by atoms with Gasteiger partial charge in [-0.25, -0.2) is 12.7 Å². The highest BCUT2D eigenvalue weighted by Gasteiger charge is 2.17. The van der Waals surface area contributed by atoms with E-state index in [0.29, 0.717) is 5.69 Å². The molecule has 0 radical (unpaired) electrons. The molecular formula is C16H17BrN4O2S2. The summed E-state index contributed by atoms with van der Waals surface area (Å²) in [6.45, 7) is 0. The van der Waals surface area contributed by atoms with E-state index >= 15 is 0 Å². The van der Waals surface area contributed by atoms with E-state index in [1.807, 2.05) is 24.3 Å². The van der Waals surface area contributed by atoms with Crippen LogP contribution in [0.25, 0.3) is 0 Å². The Morgan fingerprint density at radius 2 is 1.92 bits per heavy atom. The van der Waals surface area contributed by atoms with Crippen LogP contribution >= 0.6 is 28.1 Å². The minimum Gasteiger partial charge on any atom is -0.331 e. The number of halogens is 1. The highest BCUT2D eigenvalue weighted by atomic mass is 79.9. The molecule has 0 bridgehead atoms. The number of hydrazone groups is 1. The summed E-state index contributed by atoms with van der Waals surface area (Å²) in [7, 11) is -0.528. The minimum absolute atomic E-state index is 0.183. The minimum atomic E-state index is -3.50. The highest BCUT2D eigenvalue weighted by Crippen LogP contribution is 2.17. The summed E-state index contributed by atoms with van der Waals surface area (Å²) in [6, 6.07) is 14.1. The molecule has 0 aliphatic heterocycles. The quantitative estimate of drug-likeness (QED) is 0.424. The average molecular weight is 441 g/mol. The van der Waals surface area contributed by atoms with E-state index in [1.54, 1.807) is 18.3 Å². The smallest absolute Gasteiger partial charge is 0.242 e. The van der Waals surface area contributed by atoms with Gasteiger partial charge in [-0.2, -0.15) is 5.10 Å². The van der Waals surface area contributed by atoms with E-state index in [2.05, 4.69) is 31.8 Å². The molecule has 2 aromatic rings. The van der Waals surface area contributed by atoms with Gasteiger partial charge in [0.25, 0.3) is 0 Å². The fraction of sp³-hybridized carbons (Fsp3) is 0.125. The van der Waals surface area contributed by atoms with Gasteiger partial charge in [0.2, 0.25) is 10.0 Å². The fourth-order valence-corrected chi connectivity index (χ4v) is 3.39. The monoisotopic (exact) mass is 440 g/mol. The second-order valence-corrected chi connectivity index (χ2v) is 8.67. The van der Waals surface area contributed by atoms with E-state index < -0.39 is 10.0 Å². The summed E-state index contributed by atoms with van der Waals surface area (Å²) in [4.78, 5) is 0.183. The molecule has 9 heteroatoms. The number of anilines is 1. The molecule has 0 unspecified atom stereocenters. The standard InChI is InChI=1S/C16H17BrN4O2S2/c1-21(2)25(22,23)15-8-4-7-14(10-15)19-16(24)20-18-11-12-5-3-6-13(17)9-12/h3-11H,1-2H3,(H2,19,20,24)/b18-11-. The molecule has 132 valence electrons. The molecule has 25 heavy (non-hydrogen) atoms. The maximum absolute atomic E-state index is 12.1. The molecule has 0 amide bonds. The number of hydrogen-bond acceptors (Lipinski definition) is 4. The van der Waals surface area contributed by atoms with Crippen LogP contribution in [0, 0.1) is 0 Å². The maximum Gasteiger partial charge on any atom is 0.242 e. The van der Waals surface area contributed by atoms with Crippen molar-refractivity contribution in [3.8, 4) is 0 Å². The van der Waals surface area contributed by atoms with Crippen molar-refractivity contribution in [1.82, 2.24) is 9.73 Å². The first-order valence-corrected chi connectivity index (χ1v) is 9.81. The normalized spacial score (nSPS) is 11.7. The first-order chi connectivity index (χ1) is 11.8. The maximum atomic E-state index is 12.1. The molecule has 6 nitrogen and oxygen atoms in total. The van der Waals surface area contributed by atoms with Crippen LogP contribution in [0.1, 0.15) is 5.56 Å². The zero-order valence-electron chi connectivity index (χ0n) is 13.6. The van der Waals surface area contributed by atoms with Gasteiger partial charge in [-0.3, -0.25) is 5.43 Å². The largest absolute Gasteiger partial charge is 0.331 e. The van der Waals surface area contributed by atoms with Gasteiger partial charge in [-0.05, 0) is 48.1 Å². The number of thiocarbonyl (C=S) groups is 1. The van der Waals surface area contributed by atoms with Gasteiger partial charge in [-0.15, -0.1) is 0 Å². The third kappa shape index (κ3) is 5.60. The lowest BCUT2D eigenvalue weighted by atomic mass is 10.2. The van der Waals surface area contributed by atoms with Gasteiger partial charge >= 0.3 is 0 Å². The number of rotatable bonds is 5. The Bertz CT molecular complexity index is 899. The van der Waals surface area contributed by atoms with Gasteiger partial charge in [0, 0.05) is 24.3 Å². The zero-order chi connectivity index (χ0) is 18.4. The first kappa shape index (κ1) is 19.5. The van der Waals surface area contributed by atoms with Gasteiger partial charge in [0.05, 0.1) is 11.1 Å². The molecule has 0 aromatic heterocycles. The van der Waals surface area contributed by atoms with E-state index in [4.69, 9.17) is 12.2 Å². The number of nitrogens with one attached hydrogen (secondary N) is 2. The molecule has 0 saturated heterocycles. The Balaban J connectivity index is 2.01. The van der Waals surface area contributed by atoms with Crippen molar-refractivity contribution in [2.24, 2.45) is 5.10 Å². The molecule has 0 heterocycles. The van der Waals surface area contributed by atoms with Gasteiger partial charge in [0.15, 0.2) is 5.11 Å². The Labute approximate surface area is 161 Å². The highest BCUT2D eigenvalue weighted by molar-refractivity contribution is 9.10. The van der Waals surface area contributed by atoms with Crippen molar-refractivity contribution >= 4 is 55.2 Å². The third-order valence-corrected chi connectivity index (χ3v) is 5.60. The van der Waals surface area contributed by atoms with Crippen molar-refractivity contribution in [2.45, 2.75) is 4.90 Å². The molecule has 2 N–H and O–H groups in total. The summed E-state index contributed by atoms with van der Waals surface area (Å²) in [5, 5.41) is 7.21. The lowest BCUT2D eigenvalue weighted by Gasteiger charge is -2.13. The summed E-state index contributed by atoms with van der Waals surface area (Å²) in [6.07, 6.45) is 1.63. The predicted octanol–water partition coefficient (Wildman–Crippen LogP) is 3.02. The second kappa shape index (κ2) is 8.52. The Morgan fingerprint density at radius 1 is 1.20 bits per heavy atom. The van der Waals surface area contributed by atoms with Crippen LogP contribution in [-0.4, -0.2) is 38.1 Å². The molecule has 0 aliphatic carbocycles. The topological polar surface area (TPSA) is 73.8 Å². The lowest BCUT2D eigenvalue weighted by molar-refractivity contribution is 0.521. The third-order valence-electron chi connectivity index (χ3n) is 3.10. The molecule has 0 aliphatic rings. The molecule has 2 aromatic carbocycles. The van der Waals surface area contributed by atoms with Crippen molar-refractivity contribution in [3.05, 3.63) is 58.6 Å². The first-order valence-electron chi connectivity index (χ1n) is 7.17. The number of hydrogen-bond donors (Lipinski definition) is 2. The molecule has 2 rings (SSSR count). The van der Waals surface area contributed by atoms with Crippen LogP contribution in [0.2, 0.25) is 0 Å². The van der Waals surface area contributed by atoms with Gasteiger partial charge in [-0.1, -0.05) is 34.1 Å². The molecule has 0 saturated carbocycles. The lowest BCUT2D eigenvalue weighted by Crippen LogP contribution is -2.25. The fourth-order valence-electron chi connectivity index (χ4n) is 1.86. The van der Waals surface area contributed by atoms with E-state index in [9.17, 15) is 8.42 Å². The predicted molar refractivity (Wildman–Crippen MR) is 108 cm³/mol. The van der Waals surface area contributed by atoms with Crippen LogP contribution in [0.15, 0.2) is 63.0 Å². The van der Waals surface area contributed by atoms with E-state index in [1.165, 1.54) is 26.2 Å². The van der Waals surface area contributed by atoms with Crippen LogP contribution in [0.4, 0.5) is 5.69 Å². The van der Waals surface area contributed by atoms with Crippen LogP contribution in [0.3, 0.4) is 0 Å². The summed E-state index contributed by atoms with van der Waals surface area (Å²) < 4.78 is 26.4. The molecule has 0 fully saturated rings. The number of nitrogens with zero attached hydrogens (tertiary/aromatic N) is 2. The van der Waals surface area contributed by atoms with Gasteiger partial charge in [0.1, 0.15) is 0 Å². The van der Waals surface area contributed by atoms with E-state index in [-0.39, 0.29) is 10.0 Å². The Morgan fingerprint density at radius 3 is 2.60 bits per heavy atom. The van der Waals surface area contributed by atoms with Crippen molar-refractivity contribution in [1.29, 1.82) is 0 Å². The molecular weight excluding hydrogens is 424 g/mol. The van der Waals surface area contributed by atoms with Crippen molar-refractivity contribution in [3.63, 3.8) is 0 Å². The number of sulfonamides is 1. The van der Waals surface area contributed by atoms with Crippen LogP contribution in [-0.2, 0) is 10.0 Å². The van der Waals surface area contributed by atoms with E-state index in [0.717, 1.165) is 14.3 Å². The molecule has 0 atom stereocenters. The Hall–Kier alpha value is -1.81. The summed E-state index contributed by atoms with van der Waals surface area (Å²) in [5.74, 6) is 0. The van der Waals surface area contributed by atoms with Crippen LogP contribution in [0.5, 0.6) is 0 Å². The zero-order valence-corrected chi connectivity index (χ0v) is 16.8. The summed E-state index contributed by atoms with van der Waals surface area (Å²) >= 11 is 8.55. The van der Waals surface area contributed by atoms with Crippen molar-refractivity contribution < 1.29 is 8.42 Å². The molecule has 0 spiro atoms. The Kier molecular flexibility index (Phi) is 6.65. The van der Waals surface area contributed by atoms with Crippen molar-refractivity contribution in [2.75, 3.05) is 19.4 Å². The SMILES string of the molecule is CN(C)S(=O)(=O)c1cccc(NC(=S)N/N=C\c2cccc(Br)c2)c1. The second-order valence-electron chi connectivity index (χ2n) is 5.19. The number of benzene rings is 2. The van der Waals surface area contributed by atoms with Crippen LogP contribution < -0.4 is 10.7 Å². The average Bonchev–Trinajstić information content (AvgIpc) is 2.55.